The molecule has 0 bridgehead atoms. The molecule has 6 nitrogen and oxygen atoms in total. The van der Waals surface area contributed by atoms with Crippen LogP contribution in [0, 0.1) is 0 Å². The predicted molar refractivity (Wildman–Crippen MR) is 108 cm³/mol. The van der Waals surface area contributed by atoms with Gasteiger partial charge >= 0.3 is 6.18 Å². The van der Waals surface area contributed by atoms with Gasteiger partial charge < -0.3 is 15.7 Å². The molecule has 1 amide bonds. The number of aliphatic hydroxyl groups is 1. The molecule has 3 aromatic rings. The average Bonchev–Trinajstić information content (AvgIpc) is 3.14. The van der Waals surface area contributed by atoms with Crippen molar-refractivity contribution >= 4 is 12.2 Å². The van der Waals surface area contributed by atoms with E-state index < -0.39 is 23.9 Å². The van der Waals surface area contributed by atoms with Gasteiger partial charge in [0.05, 0.1) is 29.6 Å². The van der Waals surface area contributed by atoms with E-state index in [0.717, 1.165) is 29.7 Å². The summed E-state index contributed by atoms with van der Waals surface area (Å²) in [5, 5.41) is 10.2. The van der Waals surface area contributed by atoms with Gasteiger partial charge in [0.25, 0.3) is 0 Å². The maximum absolute atomic E-state index is 12.8. The van der Waals surface area contributed by atoms with Gasteiger partial charge in [-0.25, -0.2) is 9.97 Å². The van der Waals surface area contributed by atoms with Gasteiger partial charge in [0, 0.05) is 17.7 Å². The first-order valence-corrected chi connectivity index (χ1v) is 9.57. The second kappa shape index (κ2) is 7.99. The summed E-state index contributed by atoms with van der Waals surface area (Å²) in [5.41, 5.74) is 7.88. The smallest absolute Gasteiger partial charge is 0.391 e. The monoisotopic (exact) mass is 428 g/mol. The minimum Gasteiger partial charge on any atom is -0.391 e. The van der Waals surface area contributed by atoms with Gasteiger partial charge in [-0.3, -0.25) is 4.79 Å². The SMILES string of the molecule is Nc1ncc(-c2ccc(C3[C@H](O)CCN3C=O)cc2)nc1-c1ccc(C(F)(F)F)cc1. The number of likely N-dealkylation sites (tertiary alicyclic amines) is 1. The van der Waals surface area contributed by atoms with Crippen LogP contribution in [-0.4, -0.2) is 39.0 Å². The van der Waals surface area contributed by atoms with Crippen molar-refractivity contribution in [2.75, 3.05) is 12.3 Å². The Morgan fingerprint density at radius 2 is 1.71 bits per heavy atom. The summed E-state index contributed by atoms with van der Waals surface area (Å²) in [7, 11) is 0. The van der Waals surface area contributed by atoms with E-state index in [-0.39, 0.29) is 11.5 Å². The van der Waals surface area contributed by atoms with Crippen molar-refractivity contribution in [2.24, 2.45) is 0 Å². The fraction of sp³-hybridized carbons (Fsp3) is 0.227. The second-order valence-electron chi connectivity index (χ2n) is 7.33. The molecule has 0 saturated carbocycles. The number of rotatable bonds is 4. The number of nitrogens with zero attached hydrogens (tertiary/aromatic N) is 3. The highest BCUT2D eigenvalue weighted by Gasteiger charge is 2.33. The van der Waals surface area contributed by atoms with E-state index in [1.54, 1.807) is 29.2 Å². The molecule has 9 heteroatoms. The maximum atomic E-state index is 12.8. The molecule has 1 saturated heterocycles. The van der Waals surface area contributed by atoms with Gasteiger partial charge in [-0.15, -0.1) is 0 Å². The third kappa shape index (κ3) is 4.09. The highest BCUT2D eigenvalue weighted by Crippen LogP contribution is 2.34. The fourth-order valence-electron chi connectivity index (χ4n) is 3.75. The fourth-order valence-corrected chi connectivity index (χ4v) is 3.75. The summed E-state index contributed by atoms with van der Waals surface area (Å²) in [6.07, 6.45) is -2.31. The Hall–Kier alpha value is -3.46. The number of amides is 1. The van der Waals surface area contributed by atoms with Gasteiger partial charge in [-0.1, -0.05) is 36.4 Å². The average molecular weight is 428 g/mol. The molecule has 1 aliphatic heterocycles. The lowest BCUT2D eigenvalue weighted by Crippen LogP contribution is -2.25. The molecular weight excluding hydrogens is 409 g/mol. The largest absolute Gasteiger partial charge is 0.416 e. The Balaban J connectivity index is 1.63. The summed E-state index contributed by atoms with van der Waals surface area (Å²) in [6.45, 7) is 0.497. The van der Waals surface area contributed by atoms with E-state index in [0.29, 0.717) is 24.2 Å². The molecule has 0 spiro atoms. The number of aliphatic hydroxyl groups excluding tert-OH is 1. The summed E-state index contributed by atoms with van der Waals surface area (Å²) >= 11 is 0. The number of hydrogen-bond donors (Lipinski definition) is 2. The van der Waals surface area contributed by atoms with E-state index in [1.807, 2.05) is 0 Å². The molecule has 2 aromatic carbocycles. The minimum atomic E-state index is -4.42. The van der Waals surface area contributed by atoms with Crippen LogP contribution in [0.2, 0.25) is 0 Å². The number of anilines is 1. The van der Waals surface area contributed by atoms with Gasteiger partial charge in [-0.05, 0) is 24.1 Å². The van der Waals surface area contributed by atoms with Crippen LogP contribution in [0.25, 0.3) is 22.5 Å². The molecule has 160 valence electrons. The Morgan fingerprint density at radius 1 is 1.06 bits per heavy atom. The molecule has 0 aliphatic carbocycles. The quantitative estimate of drug-likeness (QED) is 0.619. The number of carbonyl (C=O) groups excluding carboxylic acids is 1. The van der Waals surface area contributed by atoms with Gasteiger partial charge in [0.2, 0.25) is 6.41 Å². The molecule has 2 atom stereocenters. The number of halogens is 3. The first kappa shape index (κ1) is 20.8. The Kier molecular flexibility index (Phi) is 5.36. The third-order valence-corrected chi connectivity index (χ3v) is 5.37. The number of hydrogen-bond acceptors (Lipinski definition) is 5. The van der Waals surface area contributed by atoms with Crippen LogP contribution >= 0.6 is 0 Å². The summed E-state index contributed by atoms with van der Waals surface area (Å²) in [6, 6.07) is 11.4. The van der Waals surface area contributed by atoms with Crippen molar-refractivity contribution in [3.05, 3.63) is 65.9 Å². The molecule has 1 aliphatic rings. The number of aromatic nitrogens is 2. The first-order valence-electron chi connectivity index (χ1n) is 9.57. The molecule has 1 aromatic heterocycles. The van der Waals surface area contributed by atoms with E-state index in [1.165, 1.54) is 18.3 Å². The summed E-state index contributed by atoms with van der Waals surface area (Å²) in [4.78, 5) is 21.4. The highest BCUT2D eigenvalue weighted by atomic mass is 19.4. The number of nitrogen functional groups attached to an aromatic ring is 1. The lowest BCUT2D eigenvalue weighted by Gasteiger charge is -2.23. The van der Waals surface area contributed by atoms with Crippen molar-refractivity contribution in [2.45, 2.75) is 24.7 Å². The van der Waals surface area contributed by atoms with Gasteiger partial charge in [0.15, 0.2) is 0 Å². The van der Waals surface area contributed by atoms with Crippen LogP contribution in [0.3, 0.4) is 0 Å². The molecule has 31 heavy (non-hydrogen) atoms. The van der Waals surface area contributed by atoms with Crippen LogP contribution in [-0.2, 0) is 11.0 Å². The zero-order valence-electron chi connectivity index (χ0n) is 16.3. The van der Waals surface area contributed by atoms with E-state index in [9.17, 15) is 23.1 Å². The lowest BCUT2D eigenvalue weighted by atomic mass is 10.00. The van der Waals surface area contributed by atoms with Crippen molar-refractivity contribution in [3.8, 4) is 22.5 Å². The Bertz CT molecular complexity index is 1090. The molecule has 2 heterocycles. The lowest BCUT2D eigenvalue weighted by molar-refractivity contribution is -0.137. The number of benzene rings is 2. The van der Waals surface area contributed by atoms with Crippen molar-refractivity contribution in [1.29, 1.82) is 0 Å². The number of alkyl halides is 3. The van der Waals surface area contributed by atoms with Crippen LogP contribution in [0.5, 0.6) is 0 Å². The van der Waals surface area contributed by atoms with Crippen molar-refractivity contribution < 1.29 is 23.1 Å². The van der Waals surface area contributed by atoms with Crippen LogP contribution in [0.4, 0.5) is 19.0 Å². The molecular formula is C22H19F3N4O2. The standard InChI is InChI=1S/C22H19F3N4O2/c23-22(24,25)16-7-5-14(6-8-16)19-21(26)27-11-17(28-19)13-1-3-15(4-2-13)20-18(31)9-10-29(20)12-30/h1-8,11-12,18,20,31H,9-10H2,(H2,26,27)/t18-,20?/m1/s1. The molecule has 0 radical (unpaired) electrons. The van der Waals surface area contributed by atoms with Gasteiger partial charge in [-0.2, -0.15) is 13.2 Å². The Labute approximate surface area is 176 Å². The van der Waals surface area contributed by atoms with Crippen molar-refractivity contribution in [1.82, 2.24) is 14.9 Å². The summed E-state index contributed by atoms with van der Waals surface area (Å²) in [5.74, 6) is 0.107. The van der Waals surface area contributed by atoms with E-state index >= 15 is 0 Å². The third-order valence-electron chi connectivity index (χ3n) is 5.37. The number of nitrogens with two attached hydrogens (primary N) is 1. The normalized spacial score (nSPS) is 18.9. The van der Waals surface area contributed by atoms with E-state index in [4.69, 9.17) is 5.73 Å². The first-order chi connectivity index (χ1) is 14.8. The van der Waals surface area contributed by atoms with Crippen molar-refractivity contribution in [3.63, 3.8) is 0 Å². The molecule has 3 N–H and O–H groups in total. The van der Waals surface area contributed by atoms with Crippen LogP contribution < -0.4 is 5.73 Å². The molecule has 4 rings (SSSR count). The Morgan fingerprint density at radius 3 is 2.32 bits per heavy atom. The topological polar surface area (TPSA) is 92.3 Å². The van der Waals surface area contributed by atoms with Crippen LogP contribution in [0.1, 0.15) is 23.6 Å². The zero-order chi connectivity index (χ0) is 22.2. The van der Waals surface area contributed by atoms with Gasteiger partial charge in [0.1, 0.15) is 11.5 Å². The number of carbonyl (C=O) groups is 1. The van der Waals surface area contributed by atoms with E-state index in [2.05, 4.69) is 9.97 Å². The maximum Gasteiger partial charge on any atom is 0.416 e. The predicted octanol–water partition coefficient (Wildman–Crippen LogP) is 3.68. The van der Waals surface area contributed by atoms with Crippen LogP contribution in [0.15, 0.2) is 54.7 Å². The summed E-state index contributed by atoms with van der Waals surface area (Å²) < 4.78 is 38.4. The molecule has 1 unspecified atom stereocenters. The molecule has 1 fully saturated rings. The minimum absolute atomic E-state index is 0.107. The second-order valence-corrected chi connectivity index (χ2v) is 7.33. The zero-order valence-corrected chi connectivity index (χ0v) is 16.3. The highest BCUT2D eigenvalue weighted by molar-refractivity contribution is 5.73.